The van der Waals surface area contributed by atoms with Crippen molar-refractivity contribution in [1.82, 2.24) is 0 Å². The fraction of sp³-hybridized carbons (Fsp3) is 0.353. The van der Waals surface area contributed by atoms with E-state index in [0.717, 1.165) is 31.1 Å². The summed E-state index contributed by atoms with van der Waals surface area (Å²) < 4.78 is 11.2. The minimum Gasteiger partial charge on any atom is -0.516 e. The van der Waals surface area contributed by atoms with Gasteiger partial charge in [0.1, 0.15) is 0 Å². The molecule has 118 valence electrons. The smallest absolute Gasteiger partial charge is 0.477 e. The molecule has 2 aromatic carbocycles. The van der Waals surface area contributed by atoms with E-state index in [1.165, 1.54) is 0 Å². The molecule has 5 heteroatoms. The van der Waals surface area contributed by atoms with Gasteiger partial charge in [0.2, 0.25) is 0 Å². The van der Waals surface area contributed by atoms with Gasteiger partial charge in [-0.25, -0.2) is 18.2 Å². The molecule has 4 rings (SSSR count). The van der Waals surface area contributed by atoms with E-state index >= 15 is 0 Å². The first-order valence-corrected chi connectivity index (χ1v) is 7.59. The van der Waals surface area contributed by atoms with Crippen LogP contribution >= 0.6 is 0 Å². The van der Waals surface area contributed by atoms with Gasteiger partial charge in [0.15, 0.2) is 0 Å². The van der Waals surface area contributed by atoms with Gasteiger partial charge < -0.3 is 9.31 Å². The topological polar surface area (TPSA) is 35.5 Å². The summed E-state index contributed by atoms with van der Waals surface area (Å²) >= 11 is 0. The van der Waals surface area contributed by atoms with Gasteiger partial charge in [0.05, 0.1) is 12.0 Å². The summed E-state index contributed by atoms with van der Waals surface area (Å²) in [6.45, 7) is 0. The van der Waals surface area contributed by atoms with Gasteiger partial charge in [-0.15, -0.1) is 5.46 Å². The molecule has 0 spiro atoms. The van der Waals surface area contributed by atoms with E-state index in [1.807, 2.05) is 54.6 Å². The number of fused-ring (bicyclic) bond motifs is 1. The van der Waals surface area contributed by atoms with Crippen LogP contribution in [-0.2, 0) is 31.2 Å². The van der Waals surface area contributed by atoms with Gasteiger partial charge in [0.25, 0.3) is 5.97 Å². The minimum absolute atomic E-state index is 0. The molecular weight excluding hydrogens is 319 g/mol. The predicted molar refractivity (Wildman–Crippen MR) is 82.4 cm³/mol. The van der Waals surface area contributed by atoms with Crippen molar-refractivity contribution in [2.75, 3.05) is 0 Å². The Balaban J connectivity index is 0.000000253. The van der Waals surface area contributed by atoms with E-state index < -0.39 is 7.12 Å². The van der Waals surface area contributed by atoms with E-state index in [-0.39, 0.29) is 35.1 Å². The molecule has 0 N–H and O–H groups in total. The number of hydrogen-bond donors (Lipinski definition) is 0. The average molecular weight is 338 g/mol. The van der Waals surface area contributed by atoms with Crippen molar-refractivity contribution in [1.29, 1.82) is 0 Å². The molecule has 1 aliphatic heterocycles. The van der Waals surface area contributed by atoms with Crippen molar-refractivity contribution in [2.45, 2.75) is 31.8 Å². The first kappa shape index (κ1) is 17.1. The Morgan fingerprint density at radius 3 is 2.50 bits per heavy atom. The summed E-state index contributed by atoms with van der Waals surface area (Å²) in [5, 5.41) is 0. The van der Waals surface area contributed by atoms with Crippen molar-refractivity contribution in [2.24, 2.45) is 5.92 Å². The maximum Gasteiger partial charge on any atom is 0.477 e. The van der Waals surface area contributed by atoms with Crippen molar-refractivity contribution in [3.05, 3.63) is 54.6 Å². The number of carbonyl (C=O) groups excluding carboxylic acids is 1. The standard InChI is InChI=1S/C12H14BO3.C5H5.Fe/c14-12-10-7-3-4-8-11(10)15-13(16-12)9-5-1-2-6-9;1-2-4-5-3-1;/h1-2,5-6,10-11H,3-4,7-8H2;1-5H;/q2*-1;/t10-,11+;;/m0../s1. The predicted octanol–water partition coefficient (Wildman–Crippen LogP) is 2.64. The second kappa shape index (κ2) is 8.37. The summed E-state index contributed by atoms with van der Waals surface area (Å²) in [5.74, 6) is -0.109. The van der Waals surface area contributed by atoms with Gasteiger partial charge in [-0.1, -0.05) is 12.8 Å². The second-order valence-corrected chi connectivity index (χ2v) is 5.51. The second-order valence-electron chi connectivity index (χ2n) is 5.51. The van der Waals surface area contributed by atoms with Crippen molar-refractivity contribution >= 4 is 18.6 Å². The number of carbonyl (C=O) groups is 1. The quantitative estimate of drug-likeness (QED) is 0.592. The van der Waals surface area contributed by atoms with E-state index in [9.17, 15) is 4.79 Å². The van der Waals surface area contributed by atoms with Gasteiger partial charge in [-0.2, -0.15) is 36.4 Å². The maximum absolute atomic E-state index is 11.8. The molecule has 2 aromatic rings. The molecule has 1 saturated carbocycles. The Hall–Kier alpha value is -1.29. The zero-order valence-electron chi connectivity index (χ0n) is 12.3. The molecule has 0 aromatic heterocycles. The van der Waals surface area contributed by atoms with Crippen LogP contribution in [0.5, 0.6) is 0 Å². The summed E-state index contributed by atoms with van der Waals surface area (Å²) in [6.07, 6.45) is 4.23. The van der Waals surface area contributed by atoms with Crippen LogP contribution in [0.3, 0.4) is 0 Å². The first-order valence-electron chi connectivity index (χ1n) is 7.59. The van der Waals surface area contributed by atoms with Crippen LogP contribution in [0.25, 0.3) is 0 Å². The van der Waals surface area contributed by atoms with Crippen LogP contribution in [0.4, 0.5) is 0 Å². The Bertz CT molecular complexity index is 521. The Morgan fingerprint density at radius 2 is 1.86 bits per heavy atom. The summed E-state index contributed by atoms with van der Waals surface area (Å²) in [7, 11) is -0.484. The molecule has 2 atom stereocenters. The molecule has 1 saturated heterocycles. The van der Waals surface area contributed by atoms with E-state index in [4.69, 9.17) is 9.31 Å². The average Bonchev–Trinajstić information content (AvgIpc) is 3.23. The van der Waals surface area contributed by atoms with Crippen molar-refractivity contribution in [3.8, 4) is 0 Å². The third kappa shape index (κ3) is 4.13. The van der Waals surface area contributed by atoms with Crippen molar-refractivity contribution in [3.63, 3.8) is 0 Å². The zero-order chi connectivity index (χ0) is 14.5. The molecular formula is C17H19BFeO3-2. The fourth-order valence-corrected chi connectivity index (χ4v) is 2.92. The normalized spacial score (nSPS) is 23.5. The molecule has 3 nitrogen and oxygen atoms in total. The van der Waals surface area contributed by atoms with Crippen LogP contribution in [0.15, 0.2) is 54.6 Å². The Kier molecular flexibility index (Phi) is 6.50. The number of hydrogen-bond acceptors (Lipinski definition) is 3. The monoisotopic (exact) mass is 338 g/mol. The van der Waals surface area contributed by atoms with Gasteiger partial charge in [0, 0.05) is 17.1 Å². The maximum atomic E-state index is 11.8. The van der Waals surface area contributed by atoms with Crippen LogP contribution < -0.4 is 5.46 Å². The molecule has 0 unspecified atom stereocenters. The fourth-order valence-electron chi connectivity index (χ4n) is 2.92. The van der Waals surface area contributed by atoms with Crippen LogP contribution in [0, 0.1) is 5.92 Å². The molecule has 2 fully saturated rings. The minimum atomic E-state index is -0.484. The molecule has 0 radical (unpaired) electrons. The van der Waals surface area contributed by atoms with Gasteiger partial charge in [-0.05, 0) is 12.8 Å². The molecule has 2 aliphatic rings. The molecule has 0 amide bonds. The van der Waals surface area contributed by atoms with Crippen LogP contribution in [0.1, 0.15) is 25.7 Å². The molecule has 22 heavy (non-hydrogen) atoms. The van der Waals surface area contributed by atoms with Crippen LogP contribution in [-0.4, -0.2) is 19.2 Å². The summed E-state index contributed by atoms with van der Waals surface area (Å²) in [4.78, 5) is 11.8. The zero-order valence-corrected chi connectivity index (χ0v) is 13.4. The SMILES string of the molecule is O=C1OB(c2cc[cH-]c2)O[C@@H]2CCCC[C@H]12.[Fe].c1cc[cH-]c1. The van der Waals surface area contributed by atoms with E-state index in [1.54, 1.807) is 0 Å². The first-order chi connectivity index (χ1) is 10.3. The molecule has 1 heterocycles. The Labute approximate surface area is 142 Å². The summed E-state index contributed by atoms with van der Waals surface area (Å²) in [6, 6.07) is 17.7. The largest absolute Gasteiger partial charge is 0.516 e. The van der Waals surface area contributed by atoms with Crippen LogP contribution in [0.2, 0.25) is 0 Å². The van der Waals surface area contributed by atoms with Gasteiger partial charge in [-0.3, -0.25) is 4.79 Å². The van der Waals surface area contributed by atoms with Crippen molar-refractivity contribution < 1.29 is 31.2 Å². The molecule has 1 aliphatic carbocycles. The molecule has 0 bridgehead atoms. The van der Waals surface area contributed by atoms with E-state index in [2.05, 4.69) is 0 Å². The third-order valence-corrected chi connectivity index (χ3v) is 4.04. The Morgan fingerprint density at radius 1 is 1.09 bits per heavy atom. The summed E-state index contributed by atoms with van der Waals surface area (Å²) in [5.41, 5.74) is 0.942. The number of rotatable bonds is 1. The third-order valence-electron chi connectivity index (χ3n) is 4.04. The van der Waals surface area contributed by atoms with Gasteiger partial charge >= 0.3 is 7.12 Å². The van der Waals surface area contributed by atoms with E-state index in [0.29, 0.717) is 0 Å².